The fraction of sp³-hybridized carbons (Fsp3) is 0.200. The first-order valence-corrected chi connectivity index (χ1v) is 4.09. The number of hydrogen-bond acceptors (Lipinski definition) is 3. The Morgan fingerprint density at radius 2 is 2.15 bits per heavy atom. The molecule has 3 nitrogen and oxygen atoms in total. The Balaban J connectivity index is 2.84. The third kappa shape index (κ3) is 2.71. The summed E-state index contributed by atoms with van der Waals surface area (Å²) in [6.07, 6.45) is 0.686. The van der Waals surface area contributed by atoms with Crippen molar-refractivity contribution < 1.29 is 9.63 Å². The molecule has 0 heterocycles. The van der Waals surface area contributed by atoms with Crippen LogP contribution in [0.1, 0.15) is 12.5 Å². The Morgan fingerprint density at radius 1 is 1.46 bits per heavy atom. The summed E-state index contributed by atoms with van der Waals surface area (Å²) in [5.41, 5.74) is 1.09. The number of hydrogen-bond donors (Lipinski definition) is 0. The zero-order chi connectivity index (χ0) is 9.52. The normalized spacial score (nSPS) is 11.0. The number of nitrogens with zero attached hydrogens (tertiary/aromatic N) is 1. The molecule has 0 spiro atoms. The van der Waals surface area contributed by atoms with Gasteiger partial charge in [-0.25, -0.2) is 0 Å². The second-order valence-electron chi connectivity index (χ2n) is 2.38. The first-order valence-electron chi connectivity index (χ1n) is 4.09. The minimum Gasteiger partial charge on any atom is -0.396 e. The molecule has 0 N–H and O–H groups in total. The molecular formula is C10H11NO2. The van der Waals surface area contributed by atoms with Crippen LogP contribution in [-0.4, -0.2) is 18.6 Å². The van der Waals surface area contributed by atoms with Gasteiger partial charge in [0.2, 0.25) is 0 Å². The van der Waals surface area contributed by atoms with Crippen molar-refractivity contribution in [2.45, 2.75) is 6.92 Å². The van der Waals surface area contributed by atoms with E-state index in [9.17, 15) is 4.79 Å². The number of rotatable bonds is 4. The zero-order valence-corrected chi connectivity index (χ0v) is 7.43. The molecule has 0 fully saturated rings. The van der Waals surface area contributed by atoms with E-state index >= 15 is 0 Å². The van der Waals surface area contributed by atoms with Crippen LogP contribution >= 0.6 is 0 Å². The van der Waals surface area contributed by atoms with Gasteiger partial charge in [-0.2, -0.15) is 0 Å². The largest absolute Gasteiger partial charge is 0.396 e. The van der Waals surface area contributed by atoms with Gasteiger partial charge in [0.15, 0.2) is 6.29 Å². The fourth-order valence-electron chi connectivity index (χ4n) is 0.885. The number of oxime groups is 1. The van der Waals surface area contributed by atoms with Gasteiger partial charge in [-0.05, 0) is 6.92 Å². The standard InChI is InChI=1S/C10H11NO2/c1-2-13-11-10(8-12)9-6-4-3-5-7-9/h3-8H,2H2,1H3/b11-10+. The number of carbonyl (C=O) groups excluding carboxylic acids is 1. The molecule has 0 aliphatic heterocycles. The third-order valence-electron chi connectivity index (χ3n) is 1.47. The highest BCUT2D eigenvalue weighted by Gasteiger charge is 2.00. The van der Waals surface area contributed by atoms with Crippen molar-refractivity contribution in [1.29, 1.82) is 0 Å². The van der Waals surface area contributed by atoms with Gasteiger partial charge in [0, 0.05) is 5.56 Å². The van der Waals surface area contributed by atoms with Gasteiger partial charge >= 0.3 is 0 Å². The number of aldehydes is 1. The molecule has 0 aliphatic carbocycles. The second-order valence-corrected chi connectivity index (χ2v) is 2.38. The molecule has 0 unspecified atom stereocenters. The van der Waals surface area contributed by atoms with Gasteiger partial charge in [0.25, 0.3) is 0 Å². The average molecular weight is 177 g/mol. The van der Waals surface area contributed by atoms with Crippen molar-refractivity contribution in [3.8, 4) is 0 Å². The minimum atomic E-state index is 0.322. The van der Waals surface area contributed by atoms with Crippen LogP contribution in [0.5, 0.6) is 0 Å². The summed E-state index contributed by atoms with van der Waals surface area (Å²) < 4.78 is 0. The quantitative estimate of drug-likeness (QED) is 0.398. The van der Waals surface area contributed by atoms with E-state index in [2.05, 4.69) is 5.16 Å². The highest BCUT2D eigenvalue weighted by Crippen LogP contribution is 1.99. The molecule has 1 aromatic rings. The molecular weight excluding hydrogens is 166 g/mol. The summed E-state index contributed by atoms with van der Waals surface area (Å²) in [6, 6.07) is 9.20. The van der Waals surface area contributed by atoms with Crippen LogP contribution in [0.3, 0.4) is 0 Å². The Hall–Kier alpha value is -1.64. The molecule has 3 heteroatoms. The summed E-state index contributed by atoms with van der Waals surface area (Å²) in [5.74, 6) is 0. The molecule has 13 heavy (non-hydrogen) atoms. The van der Waals surface area contributed by atoms with Crippen molar-refractivity contribution in [2.24, 2.45) is 5.16 Å². The third-order valence-corrected chi connectivity index (χ3v) is 1.47. The Labute approximate surface area is 77.0 Å². The lowest BCUT2D eigenvalue weighted by atomic mass is 10.1. The molecule has 0 radical (unpaired) electrons. The molecule has 0 amide bonds. The summed E-state index contributed by atoms with van der Waals surface area (Å²) >= 11 is 0. The average Bonchev–Trinajstić information content (AvgIpc) is 2.21. The van der Waals surface area contributed by atoms with Crippen molar-refractivity contribution in [2.75, 3.05) is 6.61 Å². The Morgan fingerprint density at radius 3 is 2.69 bits per heavy atom. The van der Waals surface area contributed by atoms with Crippen molar-refractivity contribution in [3.05, 3.63) is 35.9 Å². The lowest BCUT2D eigenvalue weighted by molar-refractivity contribution is -0.102. The second kappa shape index (κ2) is 5.09. The topological polar surface area (TPSA) is 38.7 Å². The summed E-state index contributed by atoms with van der Waals surface area (Å²) in [6.45, 7) is 2.28. The van der Waals surface area contributed by atoms with E-state index in [1.807, 2.05) is 37.3 Å². The van der Waals surface area contributed by atoms with Crippen LogP contribution in [0.4, 0.5) is 0 Å². The first-order chi connectivity index (χ1) is 6.38. The smallest absolute Gasteiger partial charge is 0.172 e. The van der Waals surface area contributed by atoms with Crippen LogP contribution in [0.15, 0.2) is 35.5 Å². The van der Waals surface area contributed by atoms with E-state index in [-0.39, 0.29) is 0 Å². The first kappa shape index (κ1) is 9.45. The maximum Gasteiger partial charge on any atom is 0.172 e. The maximum absolute atomic E-state index is 10.6. The molecule has 0 saturated carbocycles. The van der Waals surface area contributed by atoms with Crippen molar-refractivity contribution in [1.82, 2.24) is 0 Å². The monoisotopic (exact) mass is 177 g/mol. The van der Waals surface area contributed by atoms with E-state index in [1.165, 1.54) is 0 Å². The number of carbonyl (C=O) groups is 1. The van der Waals surface area contributed by atoms with Crippen LogP contribution in [0.2, 0.25) is 0 Å². The fourth-order valence-corrected chi connectivity index (χ4v) is 0.885. The molecule has 1 rings (SSSR count). The van der Waals surface area contributed by atoms with Crippen LogP contribution in [-0.2, 0) is 9.63 Å². The Kier molecular flexibility index (Phi) is 3.70. The number of benzene rings is 1. The van der Waals surface area contributed by atoms with Crippen molar-refractivity contribution >= 4 is 12.0 Å². The van der Waals surface area contributed by atoms with E-state index in [4.69, 9.17) is 4.84 Å². The predicted octanol–water partition coefficient (Wildman–Crippen LogP) is 1.63. The lowest BCUT2D eigenvalue weighted by Gasteiger charge is -1.97. The van der Waals surface area contributed by atoms with E-state index in [1.54, 1.807) is 0 Å². The van der Waals surface area contributed by atoms with E-state index < -0.39 is 0 Å². The summed E-state index contributed by atoms with van der Waals surface area (Å²) in [4.78, 5) is 15.4. The molecule has 0 atom stereocenters. The van der Waals surface area contributed by atoms with Gasteiger partial charge in [-0.3, -0.25) is 4.79 Å². The maximum atomic E-state index is 10.6. The lowest BCUT2D eigenvalue weighted by Crippen LogP contribution is -2.02. The molecule has 0 aliphatic rings. The summed E-state index contributed by atoms with van der Waals surface area (Å²) in [7, 11) is 0. The Bertz CT molecular complexity index is 293. The molecule has 0 bridgehead atoms. The predicted molar refractivity (Wildman–Crippen MR) is 50.7 cm³/mol. The van der Waals surface area contributed by atoms with Crippen molar-refractivity contribution in [3.63, 3.8) is 0 Å². The molecule has 1 aromatic carbocycles. The van der Waals surface area contributed by atoms with Crippen LogP contribution in [0, 0.1) is 0 Å². The minimum absolute atomic E-state index is 0.322. The zero-order valence-electron chi connectivity index (χ0n) is 7.43. The van der Waals surface area contributed by atoms with Gasteiger partial charge < -0.3 is 4.84 Å². The van der Waals surface area contributed by atoms with Gasteiger partial charge in [0.05, 0.1) is 0 Å². The summed E-state index contributed by atoms with van der Waals surface area (Å²) in [5, 5.41) is 3.68. The van der Waals surface area contributed by atoms with E-state index in [0.29, 0.717) is 18.6 Å². The van der Waals surface area contributed by atoms with Gasteiger partial charge in [-0.15, -0.1) is 0 Å². The molecule has 68 valence electrons. The van der Waals surface area contributed by atoms with Crippen LogP contribution in [0.25, 0.3) is 0 Å². The SMILES string of the molecule is CCO/N=C(\C=O)c1ccccc1. The highest BCUT2D eigenvalue weighted by molar-refractivity contribution is 6.36. The van der Waals surface area contributed by atoms with Gasteiger partial charge in [-0.1, -0.05) is 35.5 Å². The molecule has 0 saturated heterocycles. The highest BCUT2D eigenvalue weighted by atomic mass is 16.6. The van der Waals surface area contributed by atoms with Gasteiger partial charge in [0.1, 0.15) is 12.3 Å². The van der Waals surface area contributed by atoms with Crippen LogP contribution < -0.4 is 0 Å². The van der Waals surface area contributed by atoms with E-state index in [0.717, 1.165) is 5.56 Å². The molecule has 0 aromatic heterocycles.